The van der Waals surface area contributed by atoms with E-state index in [0.717, 1.165) is 29.9 Å². The predicted octanol–water partition coefficient (Wildman–Crippen LogP) is 1.90. The van der Waals surface area contributed by atoms with Crippen LogP contribution >= 0.6 is 0 Å². The van der Waals surface area contributed by atoms with Crippen LogP contribution in [0.5, 0.6) is 5.75 Å². The summed E-state index contributed by atoms with van der Waals surface area (Å²) in [6.45, 7) is 7.20. The highest BCUT2D eigenvalue weighted by molar-refractivity contribution is 5.55. The van der Waals surface area contributed by atoms with Crippen molar-refractivity contribution < 1.29 is 4.74 Å². The maximum absolute atomic E-state index is 5.79. The quantitative estimate of drug-likeness (QED) is 0.683. The molecule has 1 aliphatic rings. The van der Waals surface area contributed by atoms with E-state index in [-0.39, 0.29) is 5.41 Å². The molecule has 3 heteroatoms. The second kappa shape index (κ2) is 2.87. The molecule has 0 unspecified atom stereocenters. The molecule has 0 atom stereocenters. The molecular weight excluding hydrogens is 176 g/mol. The Balaban J connectivity index is 2.60. The number of aromatic nitrogens is 1. The van der Waals surface area contributed by atoms with Gasteiger partial charge in [-0.05, 0) is 5.41 Å². The van der Waals surface area contributed by atoms with Gasteiger partial charge in [0, 0.05) is 23.7 Å². The molecule has 1 aromatic rings. The number of nitrogens with zero attached hydrogens (tertiary/aromatic N) is 1. The van der Waals surface area contributed by atoms with Gasteiger partial charge in [0.1, 0.15) is 11.6 Å². The largest absolute Gasteiger partial charge is 0.492 e. The third-order valence-corrected chi connectivity index (χ3v) is 2.57. The lowest BCUT2D eigenvalue weighted by atomic mass is 9.86. The van der Waals surface area contributed by atoms with E-state index in [1.165, 1.54) is 0 Å². The maximum atomic E-state index is 5.79. The Hall–Kier alpha value is -1.25. The molecular formula is C11H16N2O. The van der Waals surface area contributed by atoms with Gasteiger partial charge >= 0.3 is 0 Å². The van der Waals surface area contributed by atoms with Crippen molar-refractivity contribution in [3.63, 3.8) is 0 Å². The number of anilines is 1. The highest BCUT2D eigenvalue weighted by atomic mass is 16.5. The second-order valence-electron chi connectivity index (χ2n) is 4.71. The molecule has 0 saturated heterocycles. The van der Waals surface area contributed by atoms with Crippen molar-refractivity contribution in [1.29, 1.82) is 0 Å². The van der Waals surface area contributed by atoms with Crippen molar-refractivity contribution in [2.45, 2.75) is 32.6 Å². The van der Waals surface area contributed by atoms with Crippen LogP contribution < -0.4 is 10.5 Å². The summed E-state index contributed by atoms with van der Waals surface area (Å²) < 4.78 is 5.62. The van der Waals surface area contributed by atoms with Gasteiger partial charge in [-0.3, -0.25) is 0 Å². The Morgan fingerprint density at radius 3 is 2.79 bits per heavy atom. The first-order valence-corrected chi connectivity index (χ1v) is 4.91. The average molecular weight is 192 g/mol. The fourth-order valence-electron chi connectivity index (χ4n) is 1.75. The van der Waals surface area contributed by atoms with Crippen molar-refractivity contribution in [3.05, 3.63) is 17.3 Å². The zero-order valence-electron chi connectivity index (χ0n) is 8.92. The van der Waals surface area contributed by atoms with Gasteiger partial charge in [-0.2, -0.15) is 0 Å². The zero-order chi connectivity index (χ0) is 10.3. The van der Waals surface area contributed by atoms with Crippen LogP contribution in [0.1, 0.15) is 31.9 Å². The van der Waals surface area contributed by atoms with Crippen LogP contribution in [0.4, 0.5) is 5.82 Å². The molecule has 2 heterocycles. The highest BCUT2D eigenvalue weighted by Gasteiger charge is 2.26. The molecule has 3 nitrogen and oxygen atoms in total. The van der Waals surface area contributed by atoms with Crippen LogP contribution in [0.2, 0.25) is 0 Å². The van der Waals surface area contributed by atoms with E-state index in [1.807, 2.05) is 6.20 Å². The summed E-state index contributed by atoms with van der Waals surface area (Å²) in [4.78, 5) is 4.21. The number of pyridine rings is 1. The van der Waals surface area contributed by atoms with Crippen LogP contribution in [-0.2, 0) is 11.8 Å². The zero-order valence-corrected chi connectivity index (χ0v) is 8.92. The first kappa shape index (κ1) is 9.31. The Morgan fingerprint density at radius 1 is 1.43 bits per heavy atom. The minimum atomic E-state index is 0.0646. The molecule has 0 fully saturated rings. The molecule has 0 bridgehead atoms. The Morgan fingerprint density at radius 2 is 2.14 bits per heavy atom. The van der Waals surface area contributed by atoms with Gasteiger partial charge in [-0.25, -0.2) is 4.98 Å². The number of fused-ring (bicyclic) bond motifs is 1. The van der Waals surface area contributed by atoms with Crippen molar-refractivity contribution in [1.82, 2.24) is 4.98 Å². The first-order valence-electron chi connectivity index (χ1n) is 4.91. The number of hydrogen-bond donors (Lipinski definition) is 1. The van der Waals surface area contributed by atoms with Gasteiger partial charge in [-0.1, -0.05) is 20.8 Å². The van der Waals surface area contributed by atoms with E-state index in [2.05, 4.69) is 25.8 Å². The number of nitrogens with two attached hydrogens (primary N) is 1. The van der Waals surface area contributed by atoms with E-state index in [0.29, 0.717) is 5.82 Å². The smallest absolute Gasteiger partial charge is 0.131 e. The number of hydrogen-bond acceptors (Lipinski definition) is 3. The summed E-state index contributed by atoms with van der Waals surface area (Å²) in [5.74, 6) is 1.58. The molecule has 0 amide bonds. The topological polar surface area (TPSA) is 48.1 Å². The van der Waals surface area contributed by atoms with Crippen LogP contribution in [0.15, 0.2) is 6.20 Å². The molecule has 2 N–H and O–H groups in total. The summed E-state index contributed by atoms with van der Waals surface area (Å²) >= 11 is 0. The fraction of sp³-hybridized carbons (Fsp3) is 0.545. The van der Waals surface area contributed by atoms with E-state index in [9.17, 15) is 0 Å². The molecule has 76 valence electrons. The number of rotatable bonds is 0. The van der Waals surface area contributed by atoms with Crippen molar-refractivity contribution in [3.8, 4) is 5.75 Å². The van der Waals surface area contributed by atoms with Crippen LogP contribution in [0, 0.1) is 0 Å². The summed E-state index contributed by atoms with van der Waals surface area (Å²) in [5, 5.41) is 0. The molecule has 0 spiro atoms. The van der Waals surface area contributed by atoms with Crippen molar-refractivity contribution in [2.75, 3.05) is 12.3 Å². The minimum absolute atomic E-state index is 0.0646. The predicted molar refractivity (Wildman–Crippen MR) is 56.5 cm³/mol. The molecule has 0 radical (unpaired) electrons. The Bertz CT molecular complexity index is 366. The molecule has 0 aliphatic carbocycles. The van der Waals surface area contributed by atoms with Gasteiger partial charge in [0.15, 0.2) is 0 Å². The van der Waals surface area contributed by atoms with Crippen LogP contribution in [-0.4, -0.2) is 11.6 Å². The van der Waals surface area contributed by atoms with E-state index >= 15 is 0 Å². The SMILES string of the molecule is CC(C)(C)c1cnc(N)c2c1OCC2. The monoisotopic (exact) mass is 192 g/mol. The maximum Gasteiger partial charge on any atom is 0.131 e. The number of nitrogen functional groups attached to an aromatic ring is 1. The average Bonchev–Trinajstić information content (AvgIpc) is 2.50. The lowest BCUT2D eigenvalue weighted by Crippen LogP contribution is -2.13. The number of ether oxygens (including phenoxy) is 1. The third-order valence-electron chi connectivity index (χ3n) is 2.57. The molecule has 1 aliphatic heterocycles. The van der Waals surface area contributed by atoms with E-state index in [4.69, 9.17) is 10.5 Å². The second-order valence-corrected chi connectivity index (χ2v) is 4.71. The first-order chi connectivity index (χ1) is 6.50. The summed E-state index contributed by atoms with van der Waals surface area (Å²) in [6.07, 6.45) is 2.72. The molecule has 0 aromatic carbocycles. The van der Waals surface area contributed by atoms with Crippen molar-refractivity contribution >= 4 is 5.82 Å². The third kappa shape index (κ3) is 1.33. The van der Waals surface area contributed by atoms with Gasteiger partial charge in [-0.15, -0.1) is 0 Å². The fourth-order valence-corrected chi connectivity index (χ4v) is 1.75. The van der Waals surface area contributed by atoms with E-state index in [1.54, 1.807) is 0 Å². The van der Waals surface area contributed by atoms with Crippen LogP contribution in [0.25, 0.3) is 0 Å². The molecule has 0 saturated carbocycles. The lowest BCUT2D eigenvalue weighted by molar-refractivity contribution is 0.346. The van der Waals surface area contributed by atoms with Gasteiger partial charge < -0.3 is 10.5 Å². The molecule has 14 heavy (non-hydrogen) atoms. The van der Waals surface area contributed by atoms with Crippen molar-refractivity contribution in [2.24, 2.45) is 0 Å². The van der Waals surface area contributed by atoms with E-state index < -0.39 is 0 Å². The normalized spacial score (nSPS) is 15.1. The van der Waals surface area contributed by atoms with Gasteiger partial charge in [0.05, 0.1) is 6.61 Å². The summed E-state index contributed by atoms with van der Waals surface area (Å²) in [7, 11) is 0. The lowest BCUT2D eigenvalue weighted by Gasteiger charge is -2.21. The Labute approximate surface area is 84.3 Å². The summed E-state index contributed by atoms with van der Waals surface area (Å²) in [6, 6.07) is 0. The van der Waals surface area contributed by atoms with Crippen LogP contribution in [0.3, 0.4) is 0 Å². The van der Waals surface area contributed by atoms with Gasteiger partial charge in [0.2, 0.25) is 0 Å². The summed E-state index contributed by atoms with van der Waals surface area (Å²) in [5.41, 5.74) is 8.09. The Kier molecular flexibility index (Phi) is 1.91. The molecule has 2 rings (SSSR count). The minimum Gasteiger partial charge on any atom is -0.492 e. The standard InChI is InChI=1S/C11H16N2O/c1-11(2,3)8-6-13-10(12)7-4-5-14-9(7)8/h6H,4-5H2,1-3H3,(H2,12,13). The van der Waals surface area contributed by atoms with Gasteiger partial charge in [0.25, 0.3) is 0 Å². The molecule has 1 aromatic heterocycles. The highest BCUT2D eigenvalue weighted by Crippen LogP contribution is 2.38.